The third kappa shape index (κ3) is 6.18. The van der Waals surface area contributed by atoms with E-state index in [1.807, 2.05) is 31.2 Å². The molecule has 148 valence electrons. The van der Waals surface area contributed by atoms with Crippen LogP contribution in [0.4, 0.5) is 13.2 Å². The van der Waals surface area contributed by atoms with Crippen LogP contribution in [-0.4, -0.2) is 9.46 Å². The highest BCUT2D eigenvalue weighted by atomic mass is 32.2. The summed E-state index contributed by atoms with van der Waals surface area (Å²) in [5.74, 6) is 0.733. The van der Waals surface area contributed by atoms with Gasteiger partial charge in [0.25, 0.3) is 0 Å². The minimum Gasteiger partial charge on any atom is -0.252 e. The summed E-state index contributed by atoms with van der Waals surface area (Å²) in [7, 11) is -1.36. The quantitative estimate of drug-likeness (QED) is 0.621. The first-order chi connectivity index (χ1) is 12.6. The summed E-state index contributed by atoms with van der Waals surface area (Å²) >= 11 is 0. The Morgan fingerprint density at radius 1 is 0.889 bits per heavy atom. The van der Waals surface area contributed by atoms with E-state index in [1.165, 1.54) is 12.1 Å². The van der Waals surface area contributed by atoms with Gasteiger partial charge in [-0.2, -0.15) is 13.2 Å². The second-order valence-corrected chi connectivity index (χ2v) is 8.86. The van der Waals surface area contributed by atoms with Gasteiger partial charge >= 0.3 is 6.18 Å². The number of hydrogen-bond acceptors (Lipinski definition) is 1. The first-order valence-electron chi connectivity index (χ1n) is 9.00. The fourth-order valence-electron chi connectivity index (χ4n) is 3.23. The molecular formula is C21H26F3NOS. The lowest BCUT2D eigenvalue weighted by Gasteiger charge is -2.22. The van der Waals surface area contributed by atoms with Crippen LogP contribution >= 0.6 is 0 Å². The average molecular weight is 398 g/mol. The topological polar surface area (TPSA) is 43.1 Å². The molecule has 2 aromatic rings. The number of benzene rings is 2. The predicted octanol–water partition coefficient (Wildman–Crippen LogP) is 5.90. The van der Waals surface area contributed by atoms with Crippen LogP contribution in [0, 0.1) is 5.92 Å². The zero-order valence-corrected chi connectivity index (χ0v) is 16.6. The lowest BCUT2D eigenvalue weighted by atomic mass is 9.86. The van der Waals surface area contributed by atoms with E-state index in [0.29, 0.717) is 5.92 Å². The van der Waals surface area contributed by atoms with Crippen molar-refractivity contribution in [2.24, 2.45) is 11.1 Å². The highest BCUT2D eigenvalue weighted by Gasteiger charge is 2.30. The van der Waals surface area contributed by atoms with E-state index in [0.717, 1.165) is 41.7 Å². The molecule has 2 rings (SSSR count). The normalized spacial score (nSPS) is 15.6. The van der Waals surface area contributed by atoms with Crippen molar-refractivity contribution in [3.63, 3.8) is 0 Å². The van der Waals surface area contributed by atoms with Crippen molar-refractivity contribution in [1.82, 2.24) is 0 Å². The van der Waals surface area contributed by atoms with Crippen molar-refractivity contribution in [3.8, 4) is 11.1 Å². The molecule has 6 heteroatoms. The Morgan fingerprint density at radius 3 is 1.78 bits per heavy atom. The molecule has 0 aromatic heterocycles. The van der Waals surface area contributed by atoms with Crippen LogP contribution in [-0.2, 0) is 17.2 Å². The molecule has 0 aliphatic heterocycles. The summed E-state index contributed by atoms with van der Waals surface area (Å²) in [4.78, 5) is 0. The summed E-state index contributed by atoms with van der Waals surface area (Å²) in [5.41, 5.74) is 2.10. The maximum Gasteiger partial charge on any atom is 0.416 e. The summed E-state index contributed by atoms with van der Waals surface area (Å²) in [6.45, 7) is 6.18. The Kier molecular flexibility index (Phi) is 7.23. The molecule has 2 aromatic carbocycles. The summed E-state index contributed by atoms with van der Waals surface area (Å²) < 4.78 is 49.6. The standard InChI is InChI=1S/C21H26F3NOS/c1-14(2)12-19(13-15(3)27(25)26)18-6-4-16(5-7-18)17-8-10-20(11-9-17)21(22,23)24/h4-11,14-15,19H,12-13,25H2,1-3H3/t15?,19-,27?/m1/s1. The van der Waals surface area contributed by atoms with Gasteiger partial charge in [-0.05, 0) is 60.4 Å². The van der Waals surface area contributed by atoms with Gasteiger partial charge in [-0.1, -0.05) is 50.2 Å². The van der Waals surface area contributed by atoms with E-state index in [1.54, 1.807) is 0 Å². The Hall–Kier alpha value is -1.66. The van der Waals surface area contributed by atoms with E-state index >= 15 is 0 Å². The van der Waals surface area contributed by atoms with Crippen molar-refractivity contribution < 1.29 is 17.4 Å². The van der Waals surface area contributed by atoms with Crippen LogP contribution in [0.25, 0.3) is 11.1 Å². The van der Waals surface area contributed by atoms with Gasteiger partial charge in [0.1, 0.15) is 0 Å². The summed E-state index contributed by atoms with van der Waals surface area (Å²) in [6.07, 6.45) is -2.63. The molecular weight excluding hydrogens is 371 g/mol. The molecule has 2 nitrogen and oxygen atoms in total. The highest BCUT2D eigenvalue weighted by Crippen LogP contribution is 2.33. The van der Waals surface area contributed by atoms with Gasteiger partial charge < -0.3 is 0 Å². The molecule has 0 heterocycles. The molecule has 0 bridgehead atoms. The van der Waals surface area contributed by atoms with Crippen LogP contribution in [0.2, 0.25) is 0 Å². The molecule has 0 fully saturated rings. The van der Waals surface area contributed by atoms with Crippen molar-refractivity contribution in [1.29, 1.82) is 0 Å². The number of halogens is 3. The number of nitrogens with two attached hydrogens (primary N) is 1. The van der Waals surface area contributed by atoms with Gasteiger partial charge in [-0.3, -0.25) is 5.14 Å². The van der Waals surface area contributed by atoms with Crippen LogP contribution < -0.4 is 5.14 Å². The van der Waals surface area contributed by atoms with Crippen LogP contribution in [0.1, 0.15) is 50.7 Å². The maximum atomic E-state index is 12.7. The first kappa shape index (κ1) is 21.6. The van der Waals surface area contributed by atoms with Crippen molar-refractivity contribution >= 4 is 11.0 Å². The predicted molar refractivity (Wildman–Crippen MR) is 105 cm³/mol. The highest BCUT2D eigenvalue weighted by molar-refractivity contribution is 7.83. The molecule has 27 heavy (non-hydrogen) atoms. The molecule has 0 aliphatic rings. The van der Waals surface area contributed by atoms with E-state index < -0.39 is 22.7 Å². The Labute approximate surface area is 161 Å². The lowest BCUT2D eigenvalue weighted by molar-refractivity contribution is -0.137. The first-order valence-corrected chi connectivity index (χ1v) is 10.3. The van der Waals surface area contributed by atoms with Crippen LogP contribution in [0.15, 0.2) is 48.5 Å². The van der Waals surface area contributed by atoms with Crippen molar-refractivity contribution in [3.05, 3.63) is 59.7 Å². The van der Waals surface area contributed by atoms with Gasteiger partial charge in [0.15, 0.2) is 0 Å². The summed E-state index contributed by atoms with van der Waals surface area (Å²) in [6, 6.07) is 13.0. The molecule has 0 spiro atoms. The van der Waals surface area contributed by atoms with Gasteiger partial charge in [0.2, 0.25) is 0 Å². The Balaban J connectivity index is 2.21. The monoisotopic (exact) mass is 397 g/mol. The smallest absolute Gasteiger partial charge is 0.252 e. The Morgan fingerprint density at radius 2 is 1.37 bits per heavy atom. The number of alkyl halides is 3. The third-order valence-electron chi connectivity index (χ3n) is 4.70. The zero-order chi connectivity index (χ0) is 20.2. The minimum atomic E-state index is -4.33. The Bertz CT molecular complexity index is 754. The van der Waals surface area contributed by atoms with Gasteiger partial charge in [-0.25, -0.2) is 4.21 Å². The second kappa shape index (κ2) is 9.02. The second-order valence-electron chi connectivity index (χ2n) is 7.40. The van der Waals surface area contributed by atoms with Gasteiger partial charge in [0, 0.05) is 5.25 Å². The van der Waals surface area contributed by atoms with Gasteiger partial charge in [0.05, 0.1) is 16.5 Å². The van der Waals surface area contributed by atoms with E-state index in [-0.39, 0.29) is 11.2 Å². The number of rotatable bonds is 7. The largest absolute Gasteiger partial charge is 0.416 e. The van der Waals surface area contributed by atoms with Crippen LogP contribution in [0.5, 0.6) is 0 Å². The van der Waals surface area contributed by atoms with Gasteiger partial charge in [-0.15, -0.1) is 0 Å². The third-order valence-corrected chi connectivity index (χ3v) is 5.68. The lowest BCUT2D eigenvalue weighted by Crippen LogP contribution is -2.21. The SMILES string of the molecule is CC(C)C[C@H](CC(C)S(N)=O)c1ccc(-c2ccc(C(F)(F)F)cc2)cc1. The maximum absolute atomic E-state index is 12.7. The number of hydrogen-bond donors (Lipinski definition) is 1. The fourth-order valence-corrected chi connectivity index (χ4v) is 3.65. The average Bonchev–Trinajstić information content (AvgIpc) is 2.60. The fraction of sp³-hybridized carbons (Fsp3) is 0.429. The van der Waals surface area contributed by atoms with E-state index in [4.69, 9.17) is 5.14 Å². The molecule has 0 aliphatic carbocycles. The van der Waals surface area contributed by atoms with Crippen molar-refractivity contribution in [2.75, 3.05) is 0 Å². The summed E-state index contributed by atoms with van der Waals surface area (Å²) in [5, 5.41) is 5.43. The van der Waals surface area contributed by atoms with Crippen LogP contribution in [0.3, 0.4) is 0 Å². The molecule has 0 radical (unpaired) electrons. The molecule has 3 atom stereocenters. The molecule has 2 unspecified atom stereocenters. The van der Waals surface area contributed by atoms with Crippen molar-refractivity contribution in [2.45, 2.75) is 51.0 Å². The molecule has 0 saturated carbocycles. The molecule has 0 amide bonds. The molecule has 2 N–H and O–H groups in total. The van der Waals surface area contributed by atoms with E-state index in [2.05, 4.69) is 13.8 Å². The minimum absolute atomic E-state index is 0.0941. The van der Waals surface area contributed by atoms with E-state index in [9.17, 15) is 17.4 Å². The zero-order valence-electron chi connectivity index (χ0n) is 15.8. The molecule has 0 saturated heterocycles.